The first-order valence-electron chi connectivity index (χ1n) is 13.2. The molecule has 1 aliphatic rings. The highest BCUT2D eigenvalue weighted by molar-refractivity contribution is 9.10. The normalized spacial score (nSPS) is 19.9. The Balaban J connectivity index is 1.67. The van der Waals surface area contributed by atoms with E-state index in [1.165, 1.54) is 24.1 Å². The van der Waals surface area contributed by atoms with E-state index in [1.807, 2.05) is 66.7 Å². The summed E-state index contributed by atoms with van der Waals surface area (Å²) in [5.74, 6) is -3.31. The van der Waals surface area contributed by atoms with Crippen LogP contribution >= 0.6 is 15.9 Å². The van der Waals surface area contributed by atoms with Gasteiger partial charge in [-0.05, 0) is 47.0 Å². The molecule has 1 aliphatic heterocycles. The van der Waals surface area contributed by atoms with Crippen molar-refractivity contribution >= 4 is 33.7 Å². The van der Waals surface area contributed by atoms with Crippen LogP contribution in [0.2, 0.25) is 0 Å². The average molecular weight is 615 g/mol. The Labute approximate surface area is 246 Å². The predicted molar refractivity (Wildman–Crippen MR) is 156 cm³/mol. The Morgan fingerprint density at radius 2 is 1.49 bits per heavy atom. The minimum Gasteiger partial charge on any atom is -0.469 e. The zero-order chi connectivity index (χ0) is 28.9. The van der Waals surface area contributed by atoms with Gasteiger partial charge >= 0.3 is 5.97 Å². The van der Waals surface area contributed by atoms with E-state index in [2.05, 4.69) is 21.2 Å². The van der Waals surface area contributed by atoms with E-state index in [9.17, 15) is 18.8 Å². The van der Waals surface area contributed by atoms with Crippen molar-refractivity contribution in [2.45, 2.75) is 24.5 Å². The predicted octanol–water partition coefficient (Wildman–Crippen LogP) is 6.04. The van der Waals surface area contributed by atoms with Gasteiger partial charge in [0, 0.05) is 22.5 Å². The lowest BCUT2D eigenvalue weighted by Gasteiger charge is -2.31. The number of rotatable bonds is 7. The van der Waals surface area contributed by atoms with Crippen LogP contribution in [0, 0.1) is 11.7 Å². The van der Waals surface area contributed by atoms with Gasteiger partial charge in [-0.15, -0.1) is 0 Å². The first-order valence-corrected chi connectivity index (χ1v) is 14.0. The van der Waals surface area contributed by atoms with Gasteiger partial charge in [0.1, 0.15) is 11.9 Å². The summed E-state index contributed by atoms with van der Waals surface area (Å²) in [5.41, 5.74) is 2.51. The maximum Gasteiger partial charge on any atom is 0.311 e. The highest BCUT2D eigenvalue weighted by Crippen LogP contribution is 2.51. The van der Waals surface area contributed by atoms with Crippen LogP contribution in [0.1, 0.15) is 39.0 Å². The molecule has 2 amide bonds. The molecule has 1 N–H and O–H groups in total. The third kappa shape index (κ3) is 5.93. The fourth-order valence-electron chi connectivity index (χ4n) is 5.62. The molecule has 4 atom stereocenters. The van der Waals surface area contributed by atoms with Crippen molar-refractivity contribution in [3.63, 3.8) is 0 Å². The number of carbonyl (C=O) groups excluding carboxylic acids is 3. The standard InChI is InChI=1S/C33H28BrFN2O4/c1-41-33(40)28-27(22-9-4-2-5-10-22)30(31(38)36-20-21-15-17-26(35)18-16-21)37(29(28)23-11-6-3-7-12-23)32(39)24-13-8-14-25(34)19-24/h2-19,27-30H,20H2,1H3,(H,36,38). The van der Waals surface area contributed by atoms with Crippen molar-refractivity contribution in [2.75, 3.05) is 7.11 Å². The number of nitrogens with one attached hydrogen (secondary N) is 1. The number of halogens is 2. The van der Waals surface area contributed by atoms with Crippen molar-refractivity contribution in [3.8, 4) is 0 Å². The fourth-order valence-corrected chi connectivity index (χ4v) is 6.01. The second-order valence-electron chi connectivity index (χ2n) is 9.85. The summed E-state index contributed by atoms with van der Waals surface area (Å²) in [5, 5.41) is 2.94. The van der Waals surface area contributed by atoms with Crippen molar-refractivity contribution in [1.82, 2.24) is 10.2 Å². The summed E-state index contributed by atoms with van der Waals surface area (Å²) in [6, 6.07) is 29.4. The molecule has 6 nitrogen and oxygen atoms in total. The van der Waals surface area contributed by atoms with Gasteiger partial charge in [0.25, 0.3) is 5.91 Å². The van der Waals surface area contributed by atoms with E-state index in [1.54, 1.807) is 30.3 Å². The first kappa shape index (κ1) is 28.2. The summed E-state index contributed by atoms with van der Waals surface area (Å²) < 4.78 is 19.5. The van der Waals surface area contributed by atoms with Crippen LogP contribution in [0.3, 0.4) is 0 Å². The number of likely N-dealkylation sites (tertiary alicyclic amines) is 1. The van der Waals surface area contributed by atoms with Crippen molar-refractivity contribution in [1.29, 1.82) is 0 Å². The Morgan fingerprint density at radius 3 is 2.10 bits per heavy atom. The molecule has 4 aromatic carbocycles. The summed E-state index contributed by atoms with van der Waals surface area (Å²) in [6.07, 6.45) is 0. The Hall–Kier alpha value is -4.30. The second kappa shape index (κ2) is 12.5. The monoisotopic (exact) mass is 614 g/mol. The van der Waals surface area contributed by atoms with E-state index >= 15 is 0 Å². The first-order chi connectivity index (χ1) is 19.9. The molecule has 0 bridgehead atoms. The fraction of sp³-hybridized carbons (Fsp3) is 0.182. The molecule has 41 heavy (non-hydrogen) atoms. The minimum absolute atomic E-state index is 0.120. The molecule has 0 aliphatic carbocycles. The van der Waals surface area contributed by atoms with Crippen LogP contribution in [0.25, 0.3) is 0 Å². The Morgan fingerprint density at radius 1 is 0.854 bits per heavy atom. The lowest BCUT2D eigenvalue weighted by Crippen LogP contribution is -2.48. The van der Waals surface area contributed by atoms with E-state index in [0.29, 0.717) is 21.2 Å². The quantitative estimate of drug-likeness (QED) is 0.257. The Kier molecular flexibility index (Phi) is 8.59. The third-order valence-corrected chi connectivity index (χ3v) is 7.91. The maximum absolute atomic E-state index is 14.4. The molecule has 0 spiro atoms. The van der Waals surface area contributed by atoms with Crippen LogP contribution in [-0.2, 0) is 20.9 Å². The molecule has 208 valence electrons. The van der Waals surface area contributed by atoms with E-state index in [4.69, 9.17) is 4.74 Å². The number of hydrogen-bond acceptors (Lipinski definition) is 4. The van der Waals surface area contributed by atoms with Gasteiger partial charge in [0.2, 0.25) is 5.91 Å². The maximum atomic E-state index is 14.4. The van der Waals surface area contributed by atoms with Crippen LogP contribution in [0.5, 0.6) is 0 Å². The number of amides is 2. The summed E-state index contributed by atoms with van der Waals surface area (Å²) in [4.78, 5) is 43.7. The van der Waals surface area contributed by atoms with Crippen LogP contribution in [-0.4, -0.2) is 35.8 Å². The summed E-state index contributed by atoms with van der Waals surface area (Å²) in [6.45, 7) is 0.120. The van der Waals surface area contributed by atoms with Gasteiger partial charge in [0.15, 0.2) is 0 Å². The van der Waals surface area contributed by atoms with Gasteiger partial charge < -0.3 is 15.0 Å². The van der Waals surface area contributed by atoms with Crippen LogP contribution in [0.15, 0.2) is 114 Å². The highest BCUT2D eigenvalue weighted by atomic mass is 79.9. The lowest BCUT2D eigenvalue weighted by atomic mass is 9.80. The molecule has 0 radical (unpaired) electrons. The SMILES string of the molecule is COC(=O)C1C(c2ccccc2)C(C(=O)NCc2ccc(F)cc2)N(C(=O)c2cccc(Br)c2)C1c1ccccc1. The molecule has 5 rings (SSSR count). The highest BCUT2D eigenvalue weighted by Gasteiger charge is 2.58. The minimum atomic E-state index is -1.06. The smallest absolute Gasteiger partial charge is 0.311 e. The van der Waals surface area contributed by atoms with Crippen molar-refractivity contribution < 1.29 is 23.5 Å². The van der Waals surface area contributed by atoms with Gasteiger partial charge in [-0.25, -0.2) is 4.39 Å². The molecule has 4 aromatic rings. The molecular formula is C33H28BrFN2O4. The molecule has 0 saturated carbocycles. The topological polar surface area (TPSA) is 75.7 Å². The lowest BCUT2D eigenvalue weighted by molar-refractivity contribution is -0.146. The van der Waals surface area contributed by atoms with Crippen molar-refractivity contribution in [2.24, 2.45) is 5.92 Å². The Bertz CT molecular complexity index is 1530. The molecule has 1 heterocycles. The molecule has 1 fully saturated rings. The second-order valence-corrected chi connectivity index (χ2v) is 10.8. The van der Waals surface area contributed by atoms with E-state index in [0.717, 1.165) is 5.56 Å². The van der Waals surface area contributed by atoms with E-state index in [-0.39, 0.29) is 12.4 Å². The average Bonchev–Trinajstić information content (AvgIpc) is 3.37. The molecule has 0 aromatic heterocycles. The number of methoxy groups -OCH3 is 1. The number of hydrogen-bond donors (Lipinski definition) is 1. The molecular weight excluding hydrogens is 587 g/mol. The largest absolute Gasteiger partial charge is 0.469 e. The number of benzene rings is 4. The number of nitrogens with zero attached hydrogens (tertiary/aromatic N) is 1. The third-order valence-electron chi connectivity index (χ3n) is 7.42. The summed E-state index contributed by atoms with van der Waals surface area (Å²) in [7, 11) is 1.31. The number of ether oxygens (including phenoxy) is 1. The van der Waals surface area contributed by atoms with Gasteiger partial charge in [-0.3, -0.25) is 14.4 Å². The zero-order valence-electron chi connectivity index (χ0n) is 22.2. The molecule has 8 heteroatoms. The van der Waals surface area contributed by atoms with Gasteiger partial charge in [-0.1, -0.05) is 94.8 Å². The van der Waals surface area contributed by atoms with Gasteiger partial charge in [-0.2, -0.15) is 0 Å². The van der Waals surface area contributed by atoms with Crippen LogP contribution in [0.4, 0.5) is 4.39 Å². The molecule has 1 saturated heterocycles. The zero-order valence-corrected chi connectivity index (χ0v) is 23.8. The van der Waals surface area contributed by atoms with E-state index < -0.39 is 41.7 Å². The summed E-state index contributed by atoms with van der Waals surface area (Å²) >= 11 is 3.44. The number of carbonyl (C=O) groups is 3. The van der Waals surface area contributed by atoms with Gasteiger partial charge in [0.05, 0.1) is 19.1 Å². The van der Waals surface area contributed by atoms with Crippen LogP contribution < -0.4 is 5.32 Å². The molecule has 4 unspecified atom stereocenters. The van der Waals surface area contributed by atoms with Crippen molar-refractivity contribution in [3.05, 3.63) is 142 Å². The number of esters is 1.